The van der Waals surface area contributed by atoms with Crippen molar-refractivity contribution < 1.29 is 19.8 Å². The molecule has 0 aliphatic carbocycles. The molecule has 1 aromatic rings. The van der Waals surface area contributed by atoms with Crippen LogP contribution in [0.25, 0.3) is 0 Å². The highest BCUT2D eigenvalue weighted by Gasteiger charge is 2.32. The first-order valence-electron chi connectivity index (χ1n) is 8.34. The zero-order valence-corrected chi connectivity index (χ0v) is 16.5. The topological polar surface area (TPSA) is 112 Å². The highest BCUT2D eigenvalue weighted by atomic mass is 32.1. The van der Waals surface area contributed by atoms with E-state index in [1.54, 1.807) is 34.6 Å². The van der Waals surface area contributed by atoms with Crippen LogP contribution in [0.5, 0.6) is 0 Å². The van der Waals surface area contributed by atoms with Gasteiger partial charge in [-0.1, -0.05) is 45.5 Å². The van der Waals surface area contributed by atoms with Crippen LogP contribution in [0.4, 0.5) is 5.13 Å². The molecule has 2 amide bonds. The van der Waals surface area contributed by atoms with E-state index in [1.165, 1.54) is 17.5 Å². The quantitative estimate of drug-likeness (QED) is 0.586. The molecule has 8 heteroatoms. The molecular formula is C17H29N3O4S. The molecule has 0 fully saturated rings. The first kappa shape index (κ1) is 21.5. The van der Waals surface area contributed by atoms with Crippen molar-refractivity contribution in [2.45, 2.75) is 72.1 Å². The Labute approximate surface area is 152 Å². The van der Waals surface area contributed by atoms with Crippen molar-refractivity contribution in [2.24, 2.45) is 5.41 Å². The molecule has 1 aromatic heterocycles. The third kappa shape index (κ3) is 6.37. The first-order valence-corrected chi connectivity index (χ1v) is 9.16. The molecule has 0 aromatic carbocycles. The highest BCUT2D eigenvalue weighted by molar-refractivity contribution is 7.15. The second-order valence-electron chi connectivity index (χ2n) is 7.70. The molecule has 0 saturated carbocycles. The number of nitrogens with zero attached hydrogens (tertiary/aromatic N) is 1. The third-order valence-corrected chi connectivity index (χ3v) is 4.84. The van der Waals surface area contributed by atoms with E-state index < -0.39 is 35.0 Å². The van der Waals surface area contributed by atoms with E-state index in [0.717, 1.165) is 0 Å². The Morgan fingerprint density at radius 1 is 1.24 bits per heavy atom. The second-order valence-corrected chi connectivity index (χ2v) is 8.73. The zero-order valence-electron chi connectivity index (χ0n) is 15.7. The molecule has 4 N–H and O–H groups in total. The minimum Gasteiger partial charge on any atom is -0.385 e. The Morgan fingerprint density at radius 2 is 1.84 bits per heavy atom. The average molecular weight is 372 g/mol. The molecule has 2 atom stereocenters. The SMILES string of the molecule is CCCC(NC(=O)C(O)C(C)(C)C)C(=O)Nc1ncc(C(C)(C)O)s1. The predicted molar refractivity (Wildman–Crippen MR) is 98.3 cm³/mol. The van der Waals surface area contributed by atoms with E-state index in [4.69, 9.17) is 0 Å². The molecule has 7 nitrogen and oxygen atoms in total. The van der Waals surface area contributed by atoms with Crippen molar-refractivity contribution in [2.75, 3.05) is 5.32 Å². The van der Waals surface area contributed by atoms with E-state index in [-0.39, 0.29) is 0 Å². The van der Waals surface area contributed by atoms with Crippen LogP contribution in [0, 0.1) is 5.41 Å². The third-order valence-electron chi connectivity index (χ3n) is 3.62. The number of aliphatic hydroxyl groups excluding tert-OH is 1. The van der Waals surface area contributed by atoms with Crippen molar-refractivity contribution in [3.8, 4) is 0 Å². The van der Waals surface area contributed by atoms with E-state index in [9.17, 15) is 19.8 Å². The van der Waals surface area contributed by atoms with Crippen molar-refractivity contribution in [1.29, 1.82) is 0 Å². The van der Waals surface area contributed by atoms with Gasteiger partial charge in [0, 0.05) is 6.20 Å². The fourth-order valence-corrected chi connectivity index (χ4v) is 2.83. The summed E-state index contributed by atoms with van der Waals surface area (Å²) in [5.74, 6) is -0.967. The maximum Gasteiger partial charge on any atom is 0.250 e. The normalized spacial score (nSPS) is 14.7. The van der Waals surface area contributed by atoms with Gasteiger partial charge < -0.3 is 20.8 Å². The van der Waals surface area contributed by atoms with Crippen LogP contribution in [-0.4, -0.2) is 39.2 Å². The van der Waals surface area contributed by atoms with Crippen LogP contribution in [0.3, 0.4) is 0 Å². The molecule has 142 valence electrons. The number of amides is 2. The average Bonchev–Trinajstić information content (AvgIpc) is 2.93. The van der Waals surface area contributed by atoms with E-state index in [2.05, 4.69) is 15.6 Å². The van der Waals surface area contributed by atoms with E-state index in [1.807, 2.05) is 6.92 Å². The number of nitrogens with one attached hydrogen (secondary N) is 2. The number of carbonyl (C=O) groups is 2. The van der Waals surface area contributed by atoms with Gasteiger partial charge in [0.1, 0.15) is 12.1 Å². The summed E-state index contributed by atoms with van der Waals surface area (Å²) in [5, 5.41) is 25.6. The Morgan fingerprint density at radius 3 is 2.28 bits per heavy atom. The smallest absolute Gasteiger partial charge is 0.250 e. The van der Waals surface area contributed by atoms with Crippen molar-refractivity contribution in [3.63, 3.8) is 0 Å². The predicted octanol–water partition coefficient (Wildman–Crippen LogP) is 2.00. The van der Waals surface area contributed by atoms with Crippen LogP contribution in [-0.2, 0) is 15.2 Å². The van der Waals surface area contributed by atoms with Gasteiger partial charge in [-0.3, -0.25) is 9.59 Å². The second kappa shape index (κ2) is 8.25. The molecule has 0 aliphatic heterocycles. The fourth-order valence-electron chi connectivity index (χ4n) is 2.01. The van der Waals surface area contributed by atoms with Crippen LogP contribution in [0.1, 0.15) is 59.3 Å². The van der Waals surface area contributed by atoms with Crippen molar-refractivity contribution in [3.05, 3.63) is 11.1 Å². The van der Waals surface area contributed by atoms with Crippen molar-refractivity contribution >= 4 is 28.3 Å². The number of hydrogen-bond acceptors (Lipinski definition) is 6. The molecule has 1 rings (SSSR count). The molecule has 0 bridgehead atoms. The molecule has 0 saturated heterocycles. The number of anilines is 1. The summed E-state index contributed by atoms with van der Waals surface area (Å²) in [6, 6.07) is -0.760. The van der Waals surface area contributed by atoms with Crippen LogP contribution in [0.2, 0.25) is 0 Å². The Balaban J connectivity index is 2.80. The van der Waals surface area contributed by atoms with Crippen molar-refractivity contribution in [1.82, 2.24) is 10.3 Å². The van der Waals surface area contributed by atoms with Gasteiger partial charge in [0.15, 0.2) is 5.13 Å². The van der Waals surface area contributed by atoms with Gasteiger partial charge in [-0.15, -0.1) is 0 Å². The first-order chi connectivity index (χ1) is 11.4. The lowest BCUT2D eigenvalue weighted by molar-refractivity contribution is -0.137. The number of aromatic nitrogens is 1. The number of thiazole rings is 1. The summed E-state index contributed by atoms with van der Waals surface area (Å²) < 4.78 is 0. The maximum absolute atomic E-state index is 12.5. The van der Waals surface area contributed by atoms with Gasteiger partial charge in [-0.2, -0.15) is 0 Å². The summed E-state index contributed by atoms with van der Waals surface area (Å²) in [4.78, 5) is 29.4. The number of rotatable bonds is 7. The summed E-state index contributed by atoms with van der Waals surface area (Å²) in [5.41, 5.74) is -1.65. The summed E-state index contributed by atoms with van der Waals surface area (Å²) in [6.45, 7) is 10.4. The maximum atomic E-state index is 12.5. The van der Waals surface area contributed by atoms with Crippen LogP contribution >= 0.6 is 11.3 Å². The number of hydrogen-bond donors (Lipinski definition) is 4. The summed E-state index contributed by atoms with van der Waals surface area (Å²) in [6.07, 6.45) is 1.44. The van der Waals surface area contributed by atoms with Gasteiger partial charge in [-0.25, -0.2) is 4.98 Å². The van der Waals surface area contributed by atoms with Gasteiger partial charge >= 0.3 is 0 Å². The summed E-state index contributed by atoms with van der Waals surface area (Å²) >= 11 is 1.18. The molecule has 0 aliphatic rings. The van der Waals surface area contributed by atoms with Crippen LogP contribution in [0.15, 0.2) is 6.20 Å². The lowest BCUT2D eigenvalue weighted by Gasteiger charge is -2.26. The Hall–Kier alpha value is -1.51. The molecule has 2 unspecified atom stereocenters. The molecule has 25 heavy (non-hydrogen) atoms. The van der Waals surface area contributed by atoms with Gasteiger partial charge in [0.25, 0.3) is 0 Å². The molecule has 1 heterocycles. The van der Waals surface area contributed by atoms with Gasteiger partial charge in [-0.05, 0) is 25.7 Å². The largest absolute Gasteiger partial charge is 0.385 e. The zero-order chi connectivity index (χ0) is 19.4. The van der Waals surface area contributed by atoms with Gasteiger partial charge in [0.05, 0.1) is 10.5 Å². The van der Waals surface area contributed by atoms with Crippen LogP contribution < -0.4 is 10.6 Å². The Kier molecular flexibility index (Phi) is 7.10. The lowest BCUT2D eigenvalue weighted by Crippen LogP contribution is -2.50. The van der Waals surface area contributed by atoms with Gasteiger partial charge in [0.2, 0.25) is 11.8 Å². The summed E-state index contributed by atoms with van der Waals surface area (Å²) in [7, 11) is 0. The molecule has 0 radical (unpaired) electrons. The fraction of sp³-hybridized carbons (Fsp3) is 0.706. The minimum atomic E-state index is -1.21. The Bertz CT molecular complexity index is 602. The lowest BCUT2D eigenvalue weighted by atomic mass is 9.88. The number of carbonyl (C=O) groups excluding carboxylic acids is 2. The number of aliphatic hydroxyl groups is 2. The molecular weight excluding hydrogens is 342 g/mol. The molecule has 0 spiro atoms. The van der Waals surface area contributed by atoms with E-state index >= 15 is 0 Å². The highest BCUT2D eigenvalue weighted by Crippen LogP contribution is 2.28. The standard InChI is InChI=1S/C17H29N3O4S/c1-7-8-10(19-14(23)12(21)16(2,3)4)13(22)20-15-18-9-11(25-15)17(5,6)24/h9-10,12,21,24H,7-8H2,1-6H3,(H,19,23)(H,18,20,22). The monoisotopic (exact) mass is 371 g/mol. The minimum absolute atomic E-state index is 0.355. The van der Waals surface area contributed by atoms with E-state index in [0.29, 0.717) is 22.9 Å².